The number of nitro benzene ring substituents is 1. The molecule has 0 amide bonds. The van der Waals surface area contributed by atoms with Crippen molar-refractivity contribution in [3.05, 3.63) is 32.8 Å². The minimum absolute atomic E-state index is 0.119. The first-order valence-corrected chi connectivity index (χ1v) is 7.87. The number of nitrogens with one attached hydrogen (secondary N) is 1. The number of fused-ring (bicyclic) bond motifs is 1. The topological polar surface area (TPSA) is 58.4 Å². The van der Waals surface area contributed by atoms with Crippen molar-refractivity contribution in [1.82, 2.24) is 4.90 Å². The van der Waals surface area contributed by atoms with Gasteiger partial charge in [-0.2, -0.15) is 0 Å². The number of hydrogen-bond acceptors (Lipinski definition) is 4. The Hall–Kier alpha value is -1.14. The van der Waals surface area contributed by atoms with E-state index >= 15 is 0 Å². The van der Waals surface area contributed by atoms with Crippen LogP contribution < -0.4 is 5.32 Å². The van der Waals surface area contributed by atoms with Crippen LogP contribution in [-0.4, -0.2) is 35.0 Å². The molecule has 1 aromatic rings. The summed E-state index contributed by atoms with van der Waals surface area (Å²) in [6.07, 6.45) is 4.93. The first kappa shape index (κ1) is 13.8. The summed E-state index contributed by atoms with van der Waals surface area (Å²) in [4.78, 5) is 13.0. The number of non-ortho nitro benzene ring substituents is 1. The number of benzene rings is 1. The van der Waals surface area contributed by atoms with Gasteiger partial charge in [-0.3, -0.25) is 10.1 Å². The van der Waals surface area contributed by atoms with E-state index < -0.39 is 0 Å². The van der Waals surface area contributed by atoms with E-state index in [2.05, 4.69) is 26.1 Å². The summed E-state index contributed by atoms with van der Waals surface area (Å²) in [6.45, 7) is 2.41. The zero-order chi connectivity index (χ0) is 14.1. The average Bonchev–Trinajstić information content (AvgIpc) is 2.88. The van der Waals surface area contributed by atoms with Gasteiger partial charge in [-0.25, -0.2) is 0 Å². The van der Waals surface area contributed by atoms with Crippen molar-refractivity contribution in [2.75, 3.05) is 18.4 Å². The molecule has 108 valence electrons. The Labute approximate surface area is 126 Å². The predicted molar refractivity (Wildman–Crippen MR) is 82.0 cm³/mol. The second-order valence-corrected chi connectivity index (χ2v) is 6.47. The van der Waals surface area contributed by atoms with Crippen molar-refractivity contribution in [3.63, 3.8) is 0 Å². The van der Waals surface area contributed by atoms with Crippen LogP contribution in [0.2, 0.25) is 0 Å². The molecule has 5 nitrogen and oxygen atoms in total. The molecule has 0 aromatic heterocycles. The molecule has 1 N–H and O–H groups in total. The minimum atomic E-state index is -0.369. The first-order valence-electron chi connectivity index (χ1n) is 7.08. The van der Waals surface area contributed by atoms with E-state index in [9.17, 15) is 10.1 Å². The summed E-state index contributed by atoms with van der Waals surface area (Å²) in [6, 6.07) is 6.10. The maximum atomic E-state index is 10.7. The standard InChI is InChI=1S/C14H18BrN3O2/c15-13-9-12(18(19)20)3-4-14(13)16-10-5-7-17-6-1-2-11(17)8-10/h3-4,9-11,16H,1-2,5-8H2. The maximum Gasteiger partial charge on any atom is 0.270 e. The molecule has 0 bridgehead atoms. The van der Waals surface area contributed by atoms with Gasteiger partial charge in [-0.1, -0.05) is 0 Å². The second-order valence-electron chi connectivity index (χ2n) is 5.62. The Bertz CT molecular complexity index is 523. The van der Waals surface area contributed by atoms with Crippen molar-refractivity contribution in [1.29, 1.82) is 0 Å². The van der Waals surface area contributed by atoms with E-state index in [0.29, 0.717) is 6.04 Å². The number of rotatable bonds is 3. The quantitative estimate of drug-likeness (QED) is 0.677. The number of hydrogen-bond donors (Lipinski definition) is 1. The van der Waals surface area contributed by atoms with E-state index in [1.807, 2.05) is 0 Å². The van der Waals surface area contributed by atoms with Gasteiger partial charge >= 0.3 is 0 Å². The number of piperidine rings is 1. The van der Waals surface area contributed by atoms with Crippen LogP contribution in [0.15, 0.2) is 22.7 Å². The van der Waals surface area contributed by atoms with E-state index in [-0.39, 0.29) is 10.6 Å². The molecule has 2 aliphatic rings. The van der Waals surface area contributed by atoms with Gasteiger partial charge in [0.05, 0.1) is 4.92 Å². The molecule has 2 aliphatic heterocycles. The molecule has 2 unspecified atom stereocenters. The fourth-order valence-corrected chi connectivity index (χ4v) is 3.79. The highest BCUT2D eigenvalue weighted by Gasteiger charge is 2.31. The number of nitrogens with zero attached hydrogens (tertiary/aromatic N) is 2. The summed E-state index contributed by atoms with van der Waals surface area (Å²) in [5.41, 5.74) is 1.07. The zero-order valence-corrected chi connectivity index (χ0v) is 12.8. The molecule has 0 spiro atoms. The highest BCUT2D eigenvalue weighted by atomic mass is 79.9. The lowest BCUT2D eigenvalue weighted by Gasteiger charge is -2.35. The minimum Gasteiger partial charge on any atom is -0.381 e. The number of halogens is 1. The van der Waals surface area contributed by atoms with Crippen LogP contribution in [0.5, 0.6) is 0 Å². The largest absolute Gasteiger partial charge is 0.381 e. The van der Waals surface area contributed by atoms with Crippen LogP contribution in [0, 0.1) is 10.1 Å². The Morgan fingerprint density at radius 3 is 2.95 bits per heavy atom. The molecule has 2 heterocycles. The molecule has 2 saturated heterocycles. The molecule has 2 fully saturated rings. The van der Waals surface area contributed by atoms with Gasteiger partial charge in [-0.15, -0.1) is 0 Å². The summed E-state index contributed by atoms with van der Waals surface area (Å²) in [5.74, 6) is 0. The highest BCUT2D eigenvalue weighted by molar-refractivity contribution is 9.10. The Kier molecular flexibility index (Phi) is 3.94. The Balaban J connectivity index is 1.67. The Morgan fingerprint density at radius 1 is 1.35 bits per heavy atom. The van der Waals surface area contributed by atoms with Crippen molar-refractivity contribution in [3.8, 4) is 0 Å². The highest BCUT2D eigenvalue weighted by Crippen LogP contribution is 2.32. The summed E-state index contributed by atoms with van der Waals surface area (Å²) in [7, 11) is 0. The molecule has 0 aliphatic carbocycles. The third kappa shape index (κ3) is 2.81. The van der Waals surface area contributed by atoms with Crippen LogP contribution in [0.3, 0.4) is 0 Å². The maximum absolute atomic E-state index is 10.7. The molecule has 1 aromatic carbocycles. The molecule has 0 saturated carbocycles. The SMILES string of the molecule is O=[N+]([O-])c1ccc(NC2CCN3CCCC3C2)c(Br)c1. The van der Waals surface area contributed by atoms with E-state index in [4.69, 9.17) is 0 Å². The monoisotopic (exact) mass is 339 g/mol. The lowest BCUT2D eigenvalue weighted by molar-refractivity contribution is -0.384. The third-order valence-electron chi connectivity index (χ3n) is 4.34. The summed E-state index contributed by atoms with van der Waals surface area (Å²) in [5, 5.41) is 14.3. The third-order valence-corrected chi connectivity index (χ3v) is 5.00. The van der Waals surface area contributed by atoms with Crippen molar-refractivity contribution < 1.29 is 4.92 Å². The van der Waals surface area contributed by atoms with Gasteiger partial charge in [-0.05, 0) is 54.2 Å². The van der Waals surface area contributed by atoms with Crippen LogP contribution in [0.1, 0.15) is 25.7 Å². The van der Waals surface area contributed by atoms with Crippen LogP contribution in [-0.2, 0) is 0 Å². The zero-order valence-electron chi connectivity index (χ0n) is 11.2. The van der Waals surface area contributed by atoms with Crippen LogP contribution in [0.25, 0.3) is 0 Å². The molecule has 6 heteroatoms. The lowest BCUT2D eigenvalue weighted by Crippen LogP contribution is -2.42. The van der Waals surface area contributed by atoms with Crippen molar-refractivity contribution in [2.45, 2.75) is 37.8 Å². The molecular weight excluding hydrogens is 322 g/mol. The van der Waals surface area contributed by atoms with Gasteiger partial charge in [0.25, 0.3) is 5.69 Å². The number of anilines is 1. The van der Waals surface area contributed by atoms with Gasteiger partial charge in [0.15, 0.2) is 0 Å². The second kappa shape index (κ2) is 5.69. The van der Waals surface area contributed by atoms with Gasteiger partial charge in [0, 0.05) is 40.9 Å². The number of nitro groups is 1. The van der Waals surface area contributed by atoms with Crippen molar-refractivity contribution >= 4 is 27.3 Å². The summed E-state index contributed by atoms with van der Waals surface area (Å²) >= 11 is 3.42. The fourth-order valence-electron chi connectivity index (χ4n) is 3.31. The molecular formula is C14H18BrN3O2. The molecule has 3 rings (SSSR count). The van der Waals surface area contributed by atoms with E-state index in [1.165, 1.54) is 25.8 Å². The normalized spacial score (nSPS) is 26.2. The molecule has 20 heavy (non-hydrogen) atoms. The predicted octanol–water partition coefficient (Wildman–Crippen LogP) is 3.40. The summed E-state index contributed by atoms with van der Waals surface area (Å²) < 4.78 is 0.764. The van der Waals surface area contributed by atoms with Crippen molar-refractivity contribution in [2.24, 2.45) is 0 Å². The van der Waals surface area contributed by atoms with Gasteiger partial charge < -0.3 is 10.2 Å². The van der Waals surface area contributed by atoms with Gasteiger partial charge in [0.2, 0.25) is 0 Å². The fraction of sp³-hybridized carbons (Fsp3) is 0.571. The lowest BCUT2D eigenvalue weighted by atomic mass is 9.97. The molecule has 2 atom stereocenters. The average molecular weight is 340 g/mol. The van der Waals surface area contributed by atoms with Crippen LogP contribution in [0.4, 0.5) is 11.4 Å². The van der Waals surface area contributed by atoms with Gasteiger partial charge in [0.1, 0.15) is 0 Å². The smallest absolute Gasteiger partial charge is 0.270 e. The Morgan fingerprint density at radius 2 is 2.20 bits per heavy atom. The van der Waals surface area contributed by atoms with E-state index in [0.717, 1.165) is 29.2 Å². The van der Waals surface area contributed by atoms with Crippen LogP contribution >= 0.6 is 15.9 Å². The first-order chi connectivity index (χ1) is 9.63. The van der Waals surface area contributed by atoms with E-state index in [1.54, 1.807) is 18.2 Å². The molecule has 0 radical (unpaired) electrons.